The van der Waals surface area contributed by atoms with Gasteiger partial charge in [0.2, 0.25) is 41.4 Å². The Labute approximate surface area is 387 Å². The first kappa shape index (κ1) is 54.7. The Morgan fingerprint density at radius 1 is 0.879 bits per heavy atom. The molecule has 7 amide bonds. The standard InChI is InChI=1S/C46H72N8O12/c1-8-9-11-19-35(55)48-32(25-37(57)58)41(60)52-39-28(6)66-46(65)38(27(4)5)51-42(61)33(24-29-16-12-10-13-17-29)53(7)45(64)34(23-26(2)3)54-36(56)21-20-31(44(54)63)50-40(59)30(49-43(39)62)18-14-15-22-47/h10,12-13,16-17,26-28,30-34,36,38-39,56H,8-9,11,14-15,18-25,47H2,1-7H3,(H,48,55)(H,49,62)(H,50,59)(H,51,61)(H,52,60)(H,57,58)/t28-,30+,31?,32?,33+,34+,36?,38?,39+/m1/s1. The molecule has 0 aromatic heterocycles. The van der Waals surface area contributed by atoms with Crippen LogP contribution in [0.15, 0.2) is 30.3 Å². The van der Waals surface area contributed by atoms with Gasteiger partial charge in [-0.2, -0.15) is 0 Å². The number of rotatable bonds is 18. The van der Waals surface area contributed by atoms with E-state index in [-0.39, 0.29) is 51.0 Å². The summed E-state index contributed by atoms with van der Waals surface area (Å²) in [4.78, 5) is 127. The molecule has 2 fully saturated rings. The average Bonchev–Trinajstić information content (AvgIpc) is 3.25. The lowest BCUT2D eigenvalue weighted by Crippen LogP contribution is -2.65. The Balaban J connectivity index is 2.20. The van der Waals surface area contributed by atoms with Crippen LogP contribution in [0.25, 0.3) is 0 Å². The number of benzene rings is 1. The number of nitrogens with two attached hydrogens (primary N) is 1. The van der Waals surface area contributed by atoms with Crippen LogP contribution in [0.3, 0.4) is 0 Å². The van der Waals surface area contributed by atoms with E-state index in [1.165, 1.54) is 18.9 Å². The van der Waals surface area contributed by atoms with Crippen molar-refractivity contribution >= 4 is 53.3 Å². The van der Waals surface area contributed by atoms with Crippen molar-refractivity contribution in [2.24, 2.45) is 17.6 Å². The molecule has 9 atom stereocenters. The molecule has 1 aromatic carbocycles. The van der Waals surface area contributed by atoms with Gasteiger partial charge in [-0.25, -0.2) is 4.79 Å². The monoisotopic (exact) mass is 929 g/mol. The molecule has 4 unspecified atom stereocenters. The van der Waals surface area contributed by atoms with Gasteiger partial charge >= 0.3 is 11.9 Å². The molecule has 20 nitrogen and oxygen atoms in total. The lowest BCUT2D eigenvalue weighted by molar-refractivity contribution is -0.166. The number of esters is 1. The molecule has 2 aliphatic rings. The van der Waals surface area contributed by atoms with Crippen molar-refractivity contribution in [1.29, 1.82) is 0 Å². The average molecular weight is 929 g/mol. The van der Waals surface area contributed by atoms with Gasteiger partial charge in [0.05, 0.1) is 6.42 Å². The first-order valence-electron chi connectivity index (χ1n) is 23.1. The van der Waals surface area contributed by atoms with E-state index in [0.717, 1.165) is 11.3 Å². The Hall–Kier alpha value is -5.63. The molecule has 0 spiro atoms. The molecule has 1 aromatic rings. The topological polar surface area (TPSA) is 296 Å². The summed E-state index contributed by atoms with van der Waals surface area (Å²) in [6.45, 7) is 10.4. The van der Waals surface area contributed by atoms with Gasteiger partial charge in [0.1, 0.15) is 54.6 Å². The second-order valence-corrected chi connectivity index (χ2v) is 18.0. The SMILES string of the molecule is CCCCCC(=O)NC(CC(=O)O)C(=O)N[C@@H]1C(=O)N[C@@H](CCCCN)C(=O)NC2CCC(O)N(C2=O)[C@@H](CC(C)C)C(=O)N(C)[C@@H](Cc2ccccc2)C(=O)NC(C(C)C)C(=O)O[C@@H]1C. The smallest absolute Gasteiger partial charge is 0.329 e. The lowest BCUT2D eigenvalue weighted by atomic mass is 9.94. The number of nitrogens with zero attached hydrogens (tertiary/aromatic N) is 2. The van der Waals surface area contributed by atoms with Crippen molar-refractivity contribution in [3.8, 4) is 0 Å². The summed E-state index contributed by atoms with van der Waals surface area (Å²) in [6.07, 6.45) is -1.10. The maximum atomic E-state index is 14.7. The number of aliphatic hydroxyl groups excluding tert-OH is 1. The van der Waals surface area contributed by atoms with Gasteiger partial charge in [-0.1, -0.05) is 77.8 Å². The van der Waals surface area contributed by atoms with E-state index in [1.807, 2.05) is 20.8 Å². The predicted molar refractivity (Wildman–Crippen MR) is 241 cm³/mol. The first-order valence-corrected chi connectivity index (χ1v) is 23.1. The Morgan fingerprint density at radius 2 is 1.56 bits per heavy atom. The van der Waals surface area contributed by atoms with Crippen LogP contribution < -0.4 is 32.3 Å². The molecule has 2 aliphatic heterocycles. The van der Waals surface area contributed by atoms with Crippen molar-refractivity contribution in [2.75, 3.05) is 13.6 Å². The highest BCUT2D eigenvalue weighted by atomic mass is 16.5. The van der Waals surface area contributed by atoms with E-state index >= 15 is 0 Å². The first-order chi connectivity index (χ1) is 31.2. The number of aliphatic hydroxyl groups is 1. The number of aliphatic carboxylic acids is 1. The molecular formula is C46H72N8O12. The van der Waals surface area contributed by atoms with Crippen LogP contribution in [0.1, 0.15) is 118 Å². The summed E-state index contributed by atoms with van der Waals surface area (Å²) >= 11 is 0. The molecule has 0 aliphatic carbocycles. The van der Waals surface area contributed by atoms with Crippen LogP contribution >= 0.6 is 0 Å². The molecule has 0 radical (unpaired) electrons. The third kappa shape index (κ3) is 16.1. The quantitative estimate of drug-likeness (QED) is 0.0741. The van der Waals surface area contributed by atoms with E-state index in [0.29, 0.717) is 31.2 Å². The fraction of sp³-hybridized carbons (Fsp3) is 0.674. The van der Waals surface area contributed by atoms with Crippen LogP contribution in [0.5, 0.6) is 0 Å². The Kier molecular flexibility index (Phi) is 22.0. The number of carbonyl (C=O) groups excluding carboxylic acids is 8. The van der Waals surface area contributed by atoms with E-state index in [9.17, 15) is 53.4 Å². The Bertz CT molecular complexity index is 1850. The molecule has 3 rings (SSSR count). The van der Waals surface area contributed by atoms with Crippen LogP contribution in [0.4, 0.5) is 0 Å². The summed E-state index contributed by atoms with van der Waals surface area (Å²) in [5.74, 6) is -9.04. The molecule has 2 heterocycles. The van der Waals surface area contributed by atoms with Crippen LogP contribution in [-0.4, -0.2) is 142 Å². The van der Waals surface area contributed by atoms with Crippen molar-refractivity contribution in [3.63, 3.8) is 0 Å². The maximum Gasteiger partial charge on any atom is 0.329 e. The molecule has 368 valence electrons. The summed E-state index contributed by atoms with van der Waals surface area (Å²) in [5.41, 5.74) is 6.41. The highest BCUT2D eigenvalue weighted by Crippen LogP contribution is 2.26. The summed E-state index contributed by atoms with van der Waals surface area (Å²) in [7, 11) is 1.40. The largest absolute Gasteiger partial charge is 0.481 e. The fourth-order valence-corrected chi connectivity index (χ4v) is 8.01. The summed E-state index contributed by atoms with van der Waals surface area (Å²) in [6, 6.07) is -1.23. The zero-order valence-corrected chi connectivity index (χ0v) is 39.4. The van der Waals surface area contributed by atoms with Gasteiger partial charge in [-0.05, 0) is 75.8 Å². The van der Waals surface area contributed by atoms with Crippen molar-refractivity contribution in [3.05, 3.63) is 35.9 Å². The number of carbonyl (C=O) groups is 9. The number of hydrogen-bond acceptors (Lipinski definition) is 12. The summed E-state index contributed by atoms with van der Waals surface area (Å²) in [5, 5.41) is 33.9. The van der Waals surface area contributed by atoms with Gasteiger partial charge in [0.25, 0.3) is 0 Å². The van der Waals surface area contributed by atoms with Gasteiger partial charge in [-0.15, -0.1) is 0 Å². The number of fused-ring (bicyclic) bond motifs is 2. The number of nitrogens with one attached hydrogen (secondary N) is 5. The molecule has 2 saturated heterocycles. The highest BCUT2D eigenvalue weighted by Gasteiger charge is 2.46. The zero-order valence-electron chi connectivity index (χ0n) is 39.4. The number of hydrogen-bond donors (Lipinski definition) is 8. The minimum Gasteiger partial charge on any atom is -0.481 e. The molecule has 66 heavy (non-hydrogen) atoms. The number of carboxylic acids is 1. The molecule has 20 heteroatoms. The van der Waals surface area contributed by atoms with E-state index in [2.05, 4.69) is 26.6 Å². The Morgan fingerprint density at radius 3 is 2.17 bits per heavy atom. The van der Waals surface area contributed by atoms with Crippen LogP contribution in [0.2, 0.25) is 0 Å². The van der Waals surface area contributed by atoms with Gasteiger partial charge in [-0.3, -0.25) is 38.4 Å². The minimum absolute atomic E-state index is 0.00414. The van der Waals surface area contributed by atoms with Crippen molar-refractivity contribution in [1.82, 2.24) is 36.4 Å². The molecule has 9 N–H and O–H groups in total. The number of carboxylic acid groups (broad SMARTS) is 1. The van der Waals surface area contributed by atoms with Crippen molar-refractivity contribution < 1.29 is 58.1 Å². The minimum atomic E-state index is -1.81. The molecule has 2 bridgehead atoms. The third-order valence-corrected chi connectivity index (χ3v) is 11.8. The second-order valence-electron chi connectivity index (χ2n) is 18.0. The van der Waals surface area contributed by atoms with Crippen LogP contribution in [-0.2, 0) is 54.3 Å². The number of cyclic esters (lactones) is 1. The predicted octanol–water partition coefficient (Wildman–Crippen LogP) is 0.621. The van der Waals surface area contributed by atoms with Gasteiger partial charge < -0.3 is 57.1 Å². The number of ether oxygens (including phenoxy) is 1. The third-order valence-electron chi connectivity index (χ3n) is 11.8. The number of amides is 7. The molecule has 0 saturated carbocycles. The summed E-state index contributed by atoms with van der Waals surface area (Å²) < 4.78 is 5.83. The van der Waals surface area contributed by atoms with Crippen LogP contribution in [0, 0.1) is 11.8 Å². The van der Waals surface area contributed by atoms with E-state index < -0.39 is 120 Å². The number of likely N-dealkylation sites (N-methyl/N-ethyl adjacent to an activating group) is 1. The van der Waals surface area contributed by atoms with E-state index in [4.69, 9.17) is 10.5 Å². The number of piperidine rings is 1. The van der Waals surface area contributed by atoms with Gasteiger partial charge in [0, 0.05) is 19.9 Å². The van der Waals surface area contributed by atoms with Crippen molar-refractivity contribution in [2.45, 2.75) is 173 Å². The van der Waals surface area contributed by atoms with E-state index in [1.54, 1.807) is 44.2 Å². The normalized spacial score (nSPS) is 25.4. The maximum absolute atomic E-state index is 14.7. The molecular weight excluding hydrogens is 857 g/mol. The lowest BCUT2D eigenvalue weighted by Gasteiger charge is -2.43. The fourth-order valence-electron chi connectivity index (χ4n) is 8.01. The highest BCUT2D eigenvalue weighted by molar-refractivity contribution is 5.98. The van der Waals surface area contributed by atoms with Gasteiger partial charge in [0.15, 0.2) is 0 Å². The zero-order chi connectivity index (χ0) is 49.2. The second kappa shape index (κ2) is 26.5. The number of unbranched alkanes of at least 4 members (excludes halogenated alkanes) is 3.